The van der Waals surface area contributed by atoms with E-state index in [9.17, 15) is 4.79 Å². The second kappa shape index (κ2) is 7.63. The highest BCUT2D eigenvalue weighted by Gasteiger charge is 2.19. The lowest BCUT2D eigenvalue weighted by molar-refractivity contribution is -0.123. The average Bonchev–Trinajstić information content (AvgIpc) is 2.28. The minimum absolute atomic E-state index is 0.108. The third-order valence-electron chi connectivity index (χ3n) is 2.96. The first-order valence-corrected chi connectivity index (χ1v) is 6.35. The average molecular weight is 228 g/mol. The summed E-state index contributed by atoms with van der Waals surface area (Å²) in [6, 6.07) is 0.666. The first kappa shape index (κ1) is 13.5. The number of rotatable bonds is 6. The van der Waals surface area contributed by atoms with E-state index in [4.69, 9.17) is 10.5 Å². The third-order valence-corrected chi connectivity index (χ3v) is 2.96. The number of ether oxygens (including phenoxy) is 1. The smallest absolute Gasteiger partial charge is 0.222 e. The highest BCUT2D eigenvalue weighted by molar-refractivity contribution is 5.76. The number of nitrogens with one attached hydrogen (secondary N) is 1. The van der Waals surface area contributed by atoms with Crippen LogP contribution in [0.2, 0.25) is 0 Å². The Kier molecular flexibility index (Phi) is 6.42. The van der Waals surface area contributed by atoms with Crippen LogP contribution in [0.15, 0.2) is 0 Å². The molecule has 0 atom stereocenters. The van der Waals surface area contributed by atoms with Gasteiger partial charge in [-0.2, -0.15) is 0 Å². The minimum Gasteiger partial charge on any atom is -0.381 e. The normalized spacial score (nSPS) is 25.4. The van der Waals surface area contributed by atoms with Crippen molar-refractivity contribution in [3.63, 3.8) is 0 Å². The monoisotopic (exact) mass is 228 g/mol. The molecule has 0 aromatic carbocycles. The van der Waals surface area contributed by atoms with E-state index in [2.05, 4.69) is 12.2 Å². The number of nitrogens with two attached hydrogens (primary N) is 1. The Morgan fingerprint density at radius 3 is 2.62 bits per heavy atom. The lowest BCUT2D eigenvalue weighted by Gasteiger charge is -2.26. The van der Waals surface area contributed by atoms with Gasteiger partial charge < -0.3 is 15.8 Å². The second-order valence-electron chi connectivity index (χ2n) is 4.54. The molecule has 0 bridgehead atoms. The Bertz CT molecular complexity index is 201. The SMILES string of the molecule is CCCOCCC(=O)NC1CCC(N)CC1. The summed E-state index contributed by atoms with van der Waals surface area (Å²) in [6.45, 7) is 3.34. The van der Waals surface area contributed by atoms with Gasteiger partial charge >= 0.3 is 0 Å². The van der Waals surface area contributed by atoms with Crippen molar-refractivity contribution in [2.45, 2.75) is 57.5 Å². The Labute approximate surface area is 97.9 Å². The van der Waals surface area contributed by atoms with E-state index in [1.807, 2.05) is 0 Å². The van der Waals surface area contributed by atoms with E-state index in [0.29, 0.717) is 25.1 Å². The van der Waals surface area contributed by atoms with E-state index in [1.54, 1.807) is 0 Å². The molecule has 1 saturated carbocycles. The van der Waals surface area contributed by atoms with Crippen LogP contribution in [0.25, 0.3) is 0 Å². The maximum absolute atomic E-state index is 11.5. The molecule has 4 nitrogen and oxygen atoms in total. The van der Waals surface area contributed by atoms with Crippen molar-refractivity contribution in [1.82, 2.24) is 5.32 Å². The van der Waals surface area contributed by atoms with Crippen LogP contribution in [-0.2, 0) is 9.53 Å². The Hall–Kier alpha value is -0.610. The zero-order valence-electron chi connectivity index (χ0n) is 10.2. The van der Waals surface area contributed by atoms with Crippen molar-refractivity contribution in [2.24, 2.45) is 5.73 Å². The molecular weight excluding hydrogens is 204 g/mol. The van der Waals surface area contributed by atoms with Crippen LogP contribution in [0, 0.1) is 0 Å². The fourth-order valence-electron chi connectivity index (χ4n) is 1.97. The zero-order valence-corrected chi connectivity index (χ0v) is 10.2. The second-order valence-corrected chi connectivity index (χ2v) is 4.54. The number of carbonyl (C=O) groups is 1. The maximum atomic E-state index is 11.5. The van der Waals surface area contributed by atoms with Crippen LogP contribution in [0.1, 0.15) is 45.4 Å². The molecule has 94 valence electrons. The summed E-state index contributed by atoms with van der Waals surface area (Å²) in [6.07, 6.45) is 5.56. The summed E-state index contributed by atoms with van der Waals surface area (Å²) in [4.78, 5) is 11.5. The Morgan fingerprint density at radius 2 is 2.00 bits per heavy atom. The van der Waals surface area contributed by atoms with Gasteiger partial charge in [0.05, 0.1) is 6.61 Å². The van der Waals surface area contributed by atoms with Gasteiger partial charge in [-0.15, -0.1) is 0 Å². The number of carbonyl (C=O) groups excluding carboxylic acids is 1. The molecule has 0 aliphatic heterocycles. The molecule has 1 amide bonds. The predicted octanol–water partition coefficient (Wildman–Crippen LogP) is 1.19. The van der Waals surface area contributed by atoms with Crippen molar-refractivity contribution < 1.29 is 9.53 Å². The number of hydrogen-bond acceptors (Lipinski definition) is 3. The van der Waals surface area contributed by atoms with Crippen molar-refractivity contribution in [3.8, 4) is 0 Å². The molecule has 0 spiro atoms. The summed E-state index contributed by atoms with van der Waals surface area (Å²) in [5.74, 6) is 0.108. The van der Waals surface area contributed by atoms with Gasteiger partial charge in [0.1, 0.15) is 0 Å². The van der Waals surface area contributed by atoms with Gasteiger partial charge in [-0.1, -0.05) is 6.92 Å². The van der Waals surface area contributed by atoms with E-state index >= 15 is 0 Å². The summed E-state index contributed by atoms with van der Waals surface area (Å²) < 4.78 is 5.28. The van der Waals surface area contributed by atoms with E-state index in [-0.39, 0.29) is 5.91 Å². The van der Waals surface area contributed by atoms with Crippen LogP contribution in [-0.4, -0.2) is 31.2 Å². The van der Waals surface area contributed by atoms with Gasteiger partial charge in [0.15, 0.2) is 0 Å². The first-order valence-electron chi connectivity index (χ1n) is 6.35. The molecule has 1 aliphatic carbocycles. The largest absolute Gasteiger partial charge is 0.381 e. The van der Waals surface area contributed by atoms with Crippen molar-refractivity contribution >= 4 is 5.91 Å². The van der Waals surface area contributed by atoms with E-state index in [1.165, 1.54) is 0 Å². The highest BCUT2D eigenvalue weighted by atomic mass is 16.5. The molecule has 0 saturated heterocycles. The molecule has 0 heterocycles. The topological polar surface area (TPSA) is 64.3 Å². The van der Waals surface area contributed by atoms with E-state index < -0.39 is 0 Å². The third kappa shape index (κ3) is 5.47. The van der Waals surface area contributed by atoms with Crippen molar-refractivity contribution in [2.75, 3.05) is 13.2 Å². The van der Waals surface area contributed by atoms with Crippen LogP contribution >= 0.6 is 0 Å². The van der Waals surface area contributed by atoms with Gasteiger partial charge in [-0.25, -0.2) is 0 Å². The fraction of sp³-hybridized carbons (Fsp3) is 0.917. The fourth-order valence-corrected chi connectivity index (χ4v) is 1.97. The summed E-state index contributed by atoms with van der Waals surface area (Å²) in [5.41, 5.74) is 5.81. The van der Waals surface area contributed by atoms with E-state index in [0.717, 1.165) is 38.7 Å². The van der Waals surface area contributed by atoms with Crippen molar-refractivity contribution in [3.05, 3.63) is 0 Å². The summed E-state index contributed by atoms with van der Waals surface area (Å²) >= 11 is 0. The predicted molar refractivity (Wildman–Crippen MR) is 64.1 cm³/mol. The first-order chi connectivity index (χ1) is 7.72. The molecule has 3 N–H and O–H groups in total. The standard InChI is InChI=1S/C12H24N2O2/c1-2-8-16-9-7-12(15)14-11-5-3-10(13)4-6-11/h10-11H,2-9,13H2,1H3,(H,14,15). The molecular formula is C12H24N2O2. The van der Waals surface area contributed by atoms with Gasteiger partial charge in [0.25, 0.3) is 0 Å². The molecule has 0 unspecified atom stereocenters. The number of hydrogen-bond donors (Lipinski definition) is 2. The van der Waals surface area contributed by atoms with Crippen LogP contribution in [0.3, 0.4) is 0 Å². The van der Waals surface area contributed by atoms with Gasteiger partial charge in [-0.05, 0) is 32.1 Å². The highest BCUT2D eigenvalue weighted by Crippen LogP contribution is 2.16. The van der Waals surface area contributed by atoms with Crippen LogP contribution < -0.4 is 11.1 Å². The Morgan fingerprint density at radius 1 is 1.31 bits per heavy atom. The van der Waals surface area contributed by atoms with Gasteiger partial charge in [-0.3, -0.25) is 4.79 Å². The van der Waals surface area contributed by atoms with Crippen LogP contribution in [0.5, 0.6) is 0 Å². The molecule has 0 aromatic heterocycles. The lowest BCUT2D eigenvalue weighted by Crippen LogP contribution is -2.40. The van der Waals surface area contributed by atoms with Gasteiger partial charge in [0.2, 0.25) is 5.91 Å². The molecule has 4 heteroatoms. The molecule has 1 fully saturated rings. The lowest BCUT2D eigenvalue weighted by atomic mass is 9.92. The van der Waals surface area contributed by atoms with Crippen molar-refractivity contribution in [1.29, 1.82) is 0 Å². The quantitative estimate of drug-likeness (QED) is 0.671. The number of amides is 1. The summed E-state index contributed by atoms with van der Waals surface area (Å²) in [5, 5.41) is 3.04. The minimum atomic E-state index is 0.108. The molecule has 0 radical (unpaired) electrons. The molecule has 0 aromatic rings. The molecule has 1 rings (SSSR count). The van der Waals surface area contributed by atoms with Crippen LogP contribution in [0.4, 0.5) is 0 Å². The molecule has 1 aliphatic rings. The van der Waals surface area contributed by atoms with Gasteiger partial charge in [0, 0.05) is 25.1 Å². The zero-order chi connectivity index (χ0) is 11.8. The summed E-state index contributed by atoms with van der Waals surface area (Å²) in [7, 11) is 0. The maximum Gasteiger partial charge on any atom is 0.222 e. The Balaban J connectivity index is 2.05. The molecule has 16 heavy (non-hydrogen) atoms.